The van der Waals surface area contributed by atoms with Crippen LogP contribution in [0.15, 0.2) is 29.2 Å². The molecule has 40 atom stereocenters. The van der Waals surface area contributed by atoms with E-state index in [1.165, 1.54) is 24.3 Å². The van der Waals surface area contributed by atoms with Gasteiger partial charge < -0.3 is 203 Å². The van der Waals surface area contributed by atoms with E-state index in [0.29, 0.717) is 0 Å². The summed E-state index contributed by atoms with van der Waals surface area (Å²) >= 11 is 0.753. The molecule has 41 nitrogen and oxygen atoms in total. The van der Waals surface area contributed by atoms with Crippen molar-refractivity contribution in [3.63, 3.8) is 0 Å². The summed E-state index contributed by atoms with van der Waals surface area (Å²) in [6.45, 7) is -7.71. The van der Waals surface area contributed by atoms with E-state index in [0.717, 1.165) is 11.8 Å². The number of carbonyl (C=O) groups is 1. The van der Waals surface area contributed by atoms with E-state index in [9.17, 15) is 127 Å². The first kappa shape index (κ1) is 80.6. The van der Waals surface area contributed by atoms with E-state index >= 15 is 0 Å². The normalized spacial score (nSPS) is 50.7. The third kappa shape index (κ3) is 16.4. The van der Waals surface area contributed by atoms with Gasteiger partial charge in [0.15, 0.2) is 50.3 Å². The standard InChI is InChI=1S/C55H84O41S.Na/c56-5-14-39-23(63)31(71)48(81-14)90-40-15(6-57)83-50(33(73)25(40)65)92-42-17(8-59)85-52(35(75)27(42)67)94-44-19(10-61)87-54(37(77)29(44)69)96-46-21(12-97-22-4-2-1-3-13(22)47(79)80)88-55(38(78)30(46)70)95-45-20(11-62)86-53(36(76)28(45)68)93-43-18(9-60)84-51(34(74)26(43)66)91-41-16(7-58)82-49(89-39)32(72)24(41)64;/h1-4,14-21,23-46,48-78H,5-12H2,(H,79,80);/q;+1/p-1/t14-,15-,16-,17-,18-,19-,20-,21-,23-,24-,25+,26-,27-,28-,29+,30-,31-,32-,33+,34-,35-,36-,37-,38-,39-,40-,41-,42-,43-,44-,45-,46-,48-,49-,50-,51-,52-,53-,54-,55-;/m1./s1. The van der Waals surface area contributed by atoms with Crippen LogP contribution in [0.25, 0.3) is 0 Å². The summed E-state index contributed by atoms with van der Waals surface area (Å²) in [5, 5.41) is 270. The van der Waals surface area contributed by atoms with Crippen molar-refractivity contribution in [1.29, 1.82) is 0 Å². The number of ether oxygens (including phenoxy) is 16. The summed E-state index contributed by atoms with van der Waals surface area (Å²) in [6.07, 6.45) is -83.0. The third-order valence-corrected chi connectivity index (χ3v) is 19.4. The zero-order valence-corrected chi connectivity index (χ0v) is 54.4. The number of carboxylic acids is 1. The van der Waals surface area contributed by atoms with Gasteiger partial charge in [-0.25, -0.2) is 0 Å². The third-order valence-electron chi connectivity index (χ3n) is 18.2. The Kier molecular flexibility index (Phi) is 28.6. The van der Waals surface area contributed by atoms with Crippen molar-refractivity contribution in [3.8, 4) is 0 Å². The molecule has 30 aliphatic rings. The van der Waals surface area contributed by atoms with Crippen LogP contribution < -0.4 is 34.7 Å². The van der Waals surface area contributed by atoms with E-state index in [1.807, 2.05) is 0 Å². The SMILES string of the molecule is O=C([O-])c1ccccc1SC[C@H]1O[C@@H]2O[C@H]3[C@H](O)[C@@H](O)[C@@H](O[C@H]4[C@H](O)[C@@H](O)[C@@H](O[C@H]5[C@H](O)[C@@H](O)[C@@H](O[C@H]6[C@H](O)[C@@H](O)[C@@H](O[C@H]7[C@@H](O)[C@H](O)[C@@H](O[C@H]8[C@H](O)[C@@H](O)[C@@H](O[C@H]9[C@@H](O)[C@@H](O)[C@@H](O[C@H]1[C@H](O)[C@H]2O)O[C@@H]9CO)O[C@@H]8CO)O[C@@H]7CO)O[C@@H]6CO)O[C@@H]5CO)O[C@@H]4CO)O[C@@H]3CO.[Na+]. The molecule has 30 aliphatic heterocycles. The summed E-state index contributed by atoms with van der Waals surface area (Å²) in [4.78, 5) is 12.2. The Bertz CT molecular complexity index is 2640. The van der Waals surface area contributed by atoms with Gasteiger partial charge in [0, 0.05) is 16.2 Å². The molecule has 0 aromatic heterocycles. The van der Waals surface area contributed by atoms with Crippen molar-refractivity contribution in [2.75, 3.05) is 52.0 Å². The van der Waals surface area contributed by atoms with Crippen molar-refractivity contribution < 1.29 is 233 Å². The smallest absolute Gasteiger partial charge is 0.545 e. The zero-order chi connectivity index (χ0) is 70.3. The van der Waals surface area contributed by atoms with Crippen molar-refractivity contribution in [2.45, 2.75) is 251 Å². The first-order chi connectivity index (χ1) is 46.2. The molecule has 98 heavy (non-hydrogen) atoms. The van der Waals surface area contributed by atoms with Crippen LogP contribution in [0.3, 0.4) is 0 Å². The molecular weight excluding hydrogens is 1370 g/mol. The molecule has 30 heterocycles. The van der Waals surface area contributed by atoms with Gasteiger partial charge in [-0.1, -0.05) is 18.2 Å². The number of hydrogen-bond donors (Lipinski definition) is 23. The molecule has 31 rings (SSSR count). The molecule has 23 N–H and O–H groups in total. The summed E-state index contributed by atoms with van der Waals surface area (Å²) < 4.78 is 92.7. The Morgan fingerprint density at radius 2 is 0.459 bits per heavy atom. The van der Waals surface area contributed by atoms with E-state index in [1.54, 1.807) is 0 Å². The number of aliphatic hydroxyl groups excluding tert-OH is 23. The molecule has 0 spiro atoms. The fourth-order valence-electron chi connectivity index (χ4n) is 12.8. The largest absolute Gasteiger partial charge is 1.00 e. The van der Waals surface area contributed by atoms with Crippen LogP contribution in [0.2, 0.25) is 0 Å². The number of aliphatic hydroxyl groups is 23. The molecule has 0 unspecified atom stereocenters. The first-order valence-electron chi connectivity index (χ1n) is 30.8. The van der Waals surface area contributed by atoms with Crippen molar-refractivity contribution in [1.82, 2.24) is 0 Å². The number of aromatic carboxylic acids is 1. The van der Waals surface area contributed by atoms with Crippen LogP contribution >= 0.6 is 11.8 Å². The van der Waals surface area contributed by atoms with Crippen LogP contribution in [0, 0.1) is 0 Å². The van der Waals surface area contributed by atoms with Gasteiger partial charge >= 0.3 is 29.6 Å². The molecule has 0 radical (unpaired) electrons. The molecule has 0 amide bonds. The van der Waals surface area contributed by atoms with Crippen LogP contribution in [0.4, 0.5) is 0 Å². The predicted molar refractivity (Wildman–Crippen MR) is 295 cm³/mol. The van der Waals surface area contributed by atoms with Crippen molar-refractivity contribution >= 4 is 17.7 Å². The van der Waals surface area contributed by atoms with Crippen LogP contribution in [0.5, 0.6) is 0 Å². The molecule has 30 saturated heterocycles. The second-order valence-electron chi connectivity index (χ2n) is 24.4. The van der Waals surface area contributed by atoms with Gasteiger partial charge in [0.1, 0.15) is 189 Å². The molecule has 0 aliphatic carbocycles. The summed E-state index contributed by atoms with van der Waals surface area (Å²) in [5.74, 6) is -2.08. The minimum atomic E-state index is -2.30. The number of hydrogen-bond acceptors (Lipinski definition) is 42. The van der Waals surface area contributed by atoms with Crippen molar-refractivity contribution in [3.05, 3.63) is 29.8 Å². The van der Waals surface area contributed by atoms with Gasteiger partial charge in [-0.15, -0.1) is 11.8 Å². The molecule has 1 aromatic carbocycles. The monoisotopic (exact) mass is 1450 g/mol. The molecular formula is C55H83NaO41S. The van der Waals surface area contributed by atoms with Gasteiger partial charge in [-0.3, -0.25) is 0 Å². The maximum absolute atomic E-state index is 12.1. The summed E-state index contributed by atoms with van der Waals surface area (Å²) in [5.41, 5.74) is -0.325. The van der Waals surface area contributed by atoms with E-state index in [-0.39, 0.29) is 40.0 Å². The Morgan fingerprint density at radius 3 is 0.643 bits per heavy atom. The minimum absolute atomic E-state index is 0. The average Bonchev–Trinajstić information content (AvgIpc) is 0.778. The Hall–Kier alpha value is -1.52. The van der Waals surface area contributed by atoms with E-state index in [2.05, 4.69) is 0 Å². The van der Waals surface area contributed by atoms with Crippen LogP contribution in [-0.4, -0.2) is 421 Å². The van der Waals surface area contributed by atoms with Gasteiger partial charge in [0.2, 0.25) is 0 Å². The number of carboxylic acid groups (broad SMARTS) is 1. The average molecular weight is 1460 g/mol. The number of carbonyl (C=O) groups excluding carboxylic acids is 1. The van der Waals surface area contributed by atoms with Gasteiger partial charge in [-0.2, -0.15) is 0 Å². The fourth-order valence-corrected chi connectivity index (χ4v) is 13.9. The zero-order valence-electron chi connectivity index (χ0n) is 51.6. The number of rotatable bonds is 11. The molecule has 556 valence electrons. The van der Waals surface area contributed by atoms with Gasteiger partial charge in [0.05, 0.1) is 58.3 Å². The van der Waals surface area contributed by atoms with E-state index in [4.69, 9.17) is 75.8 Å². The maximum Gasteiger partial charge on any atom is 1.00 e. The fraction of sp³-hybridized carbons (Fsp3) is 0.873. The van der Waals surface area contributed by atoms with Crippen LogP contribution in [0.1, 0.15) is 10.4 Å². The topological polar surface area (TPSA) is 653 Å². The quantitative estimate of drug-likeness (QED) is 0.0723. The van der Waals surface area contributed by atoms with Crippen LogP contribution in [-0.2, 0) is 75.8 Å². The van der Waals surface area contributed by atoms with Gasteiger partial charge in [0.25, 0.3) is 0 Å². The number of benzene rings is 1. The number of thioether (sulfide) groups is 1. The van der Waals surface area contributed by atoms with Crippen molar-refractivity contribution in [2.24, 2.45) is 0 Å². The second kappa shape index (κ2) is 34.8. The Balaban J connectivity index is 0.0000112. The first-order valence-corrected chi connectivity index (χ1v) is 31.8. The maximum atomic E-state index is 12.1. The summed E-state index contributed by atoms with van der Waals surface area (Å²) in [6, 6.07) is 5.40. The molecule has 43 heteroatoms. The minimum Gasteiger partial charge on any atom is -0.545 e. The Morgan fingerprint density at radius 1 is 0.286 bits per heavy atom. The second-order valence-corrected chi connectivity index (χ2v) is 25.4. The predicted octanol–water partition coefficient (Wildman–Crippen LogP) is -19.2. The molecule has 0 saturated carbocycles. The molecule has 30 fully saturated rings. The molecule has 1 aromatic rings. The Labute approximate surface area is 580 Å². The van der Waals surface area contributed by atoms with E-state index < -0.39 is 304 Å². The molecule has 16 bridgehead atoms. The van der Waals surface area contributed by atoms with Gasteiger partial charge in [-0.05, 0) is 6.07 Å². The summed E-state index contributed by atoms with van der Waals surface area (Å²) in [7, 11) is 0.